The Kier molecular flexibility index (Phi) is 10.0. The second kappa shape index (κ2) is 12.8. The normalized spacial score (nSPS) is 12.0. The van der Waals surface area contributed by atoms with Gasteiger partial charge < -0.3 is 10.2 Å². The molecule has 11 heteroatoms. The SMILES string of the molecule is CCNC(=O)[C@H](C)N(Cc1cccc(Br)c1)C(=O)CN(c1cccc(Cl)c1)S(=O)(=O)c1ccc(Cl)cc1. The molecule has 0 fully saturated rings. The number of benzene rings is 3. The first-order valence-electron chi connectivity index (χ1n) is 11.4. The summed E-state index contributed by atoms with van der Waals surface area (Å²) in [5.41, 5.74) is 0.984. The molecule has 7 nitrogen and oxygen atoms in total. The molecule has 0 radical (unpaired) electrons. The monoisotopic (exact) mass is 625 g/mol. The molecule has 3 rings (SSSR count). The smallest absolute Gasteiger partial charge is 0.264 e. The van der Waals surface area contributed by atoms with Crippen molar-refractivity contribution < 1.29 is 18.0 Å². The molecule has 0 aliphatic rings. The Morgan fingerprint density at radius 1 is 0.973 bits per heavy atom. The van der Waals surface area contributed by atoms with Gasteiger partial charge >= 0.3 is 0 Å². The van der Waals surface area contributed by atoms with Crippen LogP contribution in [0.25, 0.3) is 0 Å². The van der Waals surface area contributed by atoms with Crippen molar-refractivity contribution in [3.8, 4) is 0 Å². The number of likely N-dealkylation sites (N-methyl/N-ethyl adjacent to an activating group) is 1. The largest absolute Gasteiger partial charge is 0.355 e. The van der Waals surface area contributed by atoms with E-state index >= 15 is 0 Å². The predicted octanol–water partition coefficient (Wildman–Crippen LogP) is 5.50. The number of amides is 2. The van der Waals surface area contributed by atoms with Crippen molar-refractivity contribution in [1.82, 2.24) is 10.2 Å². The van der Waals surface area contributed by atoms with Crippen LogP contribution in [0.3, 0.4) is 0 Å². The minimum atomic E-state index is -4.19. The van der Waals surface area contributed by atoms with Gasteiger partial charge in [0.25, 0.3) is 10.0 Å². The average molecular weight is 627 g/mol. The van der Waals surface area contributed by atoms with Gasteiger partial charge in [0.2, 0.25) is 11.8 Å². The molecule has 0 saturated heterocycles. The van der Waals surface area contributed by atoms with Crippen molar-refractivity contribution in [3.63, 3.8) is 0 Å². The van der Waals surface area contributed by atoms with Crippen molar-refractivity contribution in [2.45, 2.75) is 31.3 Å². The van der Waals surface area contributed by atoms with E-state index < -0.39 is 28.5 Å². The quantitative estimate of drug-likeness (QED) is 0.322. The summed E-state index contributed by atoms with van der Waals surface area (Å²) in [6, 6.07) is 18.4. The molecule has 0 aliphatic carbocycles. The lowest BCUT2D eigenvalue weighted by Crippen LogP contribution is -2.51. The third-order valence-electron chi connectivity index (χ3n) is 5.54. The van der Waals surface area contributed by atoms with Crippen molar-refractivity contribution in [1.29, 1.82) is 0 Å². The van der Waals surface area contributed by atoms with E-state index in [1.165, 1.54) is 35.2 Å². The number of hydrogen-bond donors (Lipinski definition) is 1. The van der Waals surface area contributed by atoms with Crippen LogP contribution < -0.4 is 9.62 Å². The summed E-state index contributed by atoms with van der Waals surface area (Å²) in [5, 5.41) is 3.41. The highest BCUT2D eigenvalue weighted by molar-refractivity contribution is 9.10. The van der Waals surface area contributed by atoms with Crippen LogP contribution in [0.2, 0.25) is 10.0 Å². The first kappa shape index (κ1) is 29.0. The summed E-state index contributed by atoms with van der Waals surface area (Å²) in [5.74, 6) is -0.906. The van der Waals surface area contributed by atoms with Crippen molar-refractivity contribution in [2.24, 2.45) is 0 Å². The van der Waals surface area contributed by atoms with Gasteiger partial charge in [0.15, 0.2) is 0 Å². The number of hydrogen-bond acceptors (Lipinski definition) is 4. The molecule has 1 N–H and O–H groups in total. The number of nitrogens with one attached hydrogen (secondary N) is 1. The highest BCUT2D eigenvalue weighted by Crippen LogP contribution is 2.27. The summed E-state index contributed by atoms with van der Waals surface area (Å²) in [7, 11) is -4.19. The maximum absolute atomic E-state index is 13.8. The van der Waals surface area contributed by atoms with Gasteiger partial charge in [-0.1, -0.05) is 57.3 Å². The molecule has 0 spiro atoms. The molecule has 0 saturated carbocycles. The zero-order valence-electron chi connectivity index (χ0n) is 20.2. The molecule has 0 heterocycles. The van der Waals surface area contributed by atoms with Gasteiger partial charge in [-0.05, 0) is 74.0 Å². The fourth-order valence-corrected chi connectivity index (χ4v) is 5.79. The van der Waals surface area contributed by atoms with E-state index in [1.54, 1.807) is 32.0 Å². The minimum Gasteiger partial charge on any atom is -0.355 e. The van der Waals surface area contributed by atoms with Gasteiger partial charge in [-0.2, -0.15) is 0 Å². The molecule has 0 unspecified atom stereocenters. The molecule has 0 bridgehead atoms. The lowest BCUT2D eigenvalue weighted by atomic mass is 10.1. The Morgan fingerprint density at radius 2 is 1.65 bits per heavy atom. The topological polar surface area (TPSA) is 86.8 Å². The number of carbonyl (C=O) groups excluding carboxylic acids is 2. The number of sulfonamides is 1. The molecule has 0 aromatic heterocycles. The molecule has 3 aromatic rings. The lowest BCUT2D eigenvalue weighted by Gasteiger charge is -2.32. The van der Waals surface area contributed by atoms with E-state index in [9.17, 15) is 18.0 Å². The highest BCUT2D eigenvalue weighted by Gasteiger charge is 2.32. The molecular formula is C26H26BrCl2N3O4S. The van der Waals surface area contributed by atoms with Gasteiger partial charge in [-0.25, -0.2) is 8.42 Å². The standard InChI is InChI=1S/C26H26BrCl2N3O4S/c1-3-30-26(34)18(2)31(16-19-6-4-7-20(27)14-19)25(33)17-32(23-9-5-8-22(29)15-23)37(35,36)24-12-10-21(28)11-13-24/h4-15,18H,3,16-17H2,1-2H3,(H,30,34)/t18-/m0/s1. The Labute approximate surface area is 235 Å². The van der Waals surface area contributed by atoms with Gasteiger partial charge in [-0.15, -0.1) is 0 Å². The molecule has 2 amide bonds. The number of carbonyl (C=O) groups is 2. The van der Waals surface area contributed by atoms with Crippen LogP contribution in [0.5, 0.6) is 0 Å². The zero-order valence-corrected chi connectivity index (χ0v) is 24.1. The van der Waals surface area contributed by atoms with Gasteiger partial charge in [0.05, 0.1) is 10.6 Å². The fourth-order valence-electron chi connectivity index (χ4n) is 3.63. The van der Waals surface area contributed by atoms with Gasteiger partial charge in [-0.3, -0.25) is 13.9 Å². The molecular weight excluding hydrogens is 601 g/mol. The van der Waals surface area contributed by atoms with Gasteiger partial charge in [0, 0.05) is 27.6 Å². The van der Waals surface area contributed by atoms with E-state index in [0.29, 0.717) is 16.6 Å². The Balaban J connectivity index is 2.03. The van der Waals surface area contributed by atoms with Crippen molar-refractivity contribution in [3.05, 3.63) is 92.9 Å². The Hall–Kier alpha value is -2.59. The second-order valence-electron chi connectivity index (χ2n) is 8.17. The summed E-state index contributed by atoms with van der Waals surface area (Å²) in [6.07, 6.45) is 0. The second-order valence-corrected chi connectivity index (χ2v) is 11.8. The molecule has 0 aliphatic heterocycles. The van der Waals surface area contributed by atoms with Gasteiger partial charge in [0.1, 0.15) is 12.6 Å². The van der Waals surface area contributed by atoms with Crippen LogP contribution in [0.4, 0.5) is 5.69 Å². The number of halogens is 3. The lowest BCUT2D eigenvalue weighted by molar-refractivity contribution is -0.139. The molecule has 1 atom stereocenters. The first-order chi connectivity index (χ1) is 17.5. The van der Waals surface area contributed by atoms with Crippen molar-refractivity contribution >= 4 is 66.7 Å². The van der Waals surface area contributed by atoms with E-state index in [4.69, 9.17) is 23.2 Å². The maximum Gasteiger partial charge on any atom is 0.264 e. The van der Waals surface area contributed by atoms with E-state index in [2.05, 4.69) is 21.2 Å². The molecule has 3 aromatic carbocycles. The number of rotatable bonds is 10. The number of nitrogens with zero attached hydrogens (tertiary/aromatic N) is 2. The van der Waals surface area contributed by atoms with Crippen molar-refractivity contribution in [2.75, 3.05) is 17.4 Å². The Bertz CT molecular complexity index is 1370. The first-order valence-corrected chi connectivity index (χ1v) is 14.4. The maximum atomic E-state index is 13.8. The number of anilines is 1. The third kappa shape index (κ3) is 7.47. The molecule has 196 valence electrons. The summed E-state index contributed by atoms with van der Waals surface area (Å²) in [4.78, 5) is 27.8. The average Bonchev–Trinajstić information content (AvgIpc) is 2.85. The minimum absolute atomic E-state index is 0.0417. The van der Waals surface area contributed by atoms with Crippen LogP contribution in [-0.4, -0.2) is 44.3 Å². The summed E-state index contributed by atoms with van der Waals surface area (Å²) >= 11 is 15.5. The van der Waals surface area contributed by atoms with E-state index in [0.717, 1.165) is 14.3 Å². The highest BCUT2D eigenvalue weighted by atomic mass is 79.9. The zero-order chi connectivity index (χ0) is 27.2. The summed E-state index contributed by atoms with van der Waals surface area (Å²) in [6.45, 7) is 3.33. The summed E-state index contributed by atoms with van der Waals surface area (Å²) < 4.78 is 29.2. The van der Waals surface area contributed by atoms with Crippen LogP contribution in [0.1, 0.15) is 19.4 Å². The fraction of sp³-hybridized carbons (Fsp3) is 0.231. The van der Waals surface area contributed by atoms with Crippen LogP contribution >= 0.6 is 39.1 Å². The Morgan fingerprint density at radius 3 is 2.27 bits per heavy atom. The van der Waals surface area contributed by atoms with Crippen LogP contribution in [0, 0.1) is 0 Å². The molecule has 37 heavy (non-hydrogen) atoms. The third-order valence-corrected chi connectivity index (χ3v) is 8.31. The van der Waals surface area contributed by atoms with E-state index in [1.807, 2.05) is 24.3 Å². The predicted molar refractivity (Wildman–Crippen MR) is 150 cm³/mol. The van der Waals surface area contributed by atoms with Crippen LogP contribution in [0.15, 0.2) is 82.2 Å². The van der Waals surface area contributed by atoms with Crippen LogP contribution in [-0.2, 0) is 26.2 Å². The van der Waals surface area contributed by atoms with E-state index in [-0.39, 0.29) is 23.0 Å².